The van der Waals surface area contributed by atoms with Gasteiger partial charge in [-0.05, 0) is 18.2 Å². The molecule has 110 valence electrons. The summed E-state index contributed by atoms with van der Waals surface area (Å²) in [6, 6.07) is 6.85. The molecule has 5 nitrogen and oxygen atoms in total. The maximum atomic E-state index is 11.7. The van der Waals surface area contributed by atoms with Crippen molar-refractivity contribution in [3.05, 3.63) is 29.3 Å². The van der Waals surface area contributed by atoms with Crippen LogP contribution in [0.2, 0.25) is 5.02 Å². The third-order valence-electron chi connectivity index (χ3n) is 3.20. The van der Waals surface area contributed by atoms with Crippen molar-refractivity contribution < 1.29 is 19.4 Å². The second-order valence-corrected chi connectivity index (χ2v) is 5.30. The summed E-state index contributed by atoms with van der Waals surface area (Å²) >= 11 is 5.82. The molecule has 20 heavy (non-hydrogen) atoms. The number of ether oxygens (including phenoxy) is 2. The van der Waals surface area contributed by atoms with Crippen LogP contribution in [0.3, 0.4) is 0 Å². The monoisotopic (exact) mass is 299 g/mol. The summed E-state index contributed by atoms with van der Waals surface area (Å²) in [5.41, 5.74) is -0.871. The van der Waals surface area contributed by atoms with E-state index in [0.29, 0.717) is 36.8 Å². The predicted molar refractivity (Wildman–Crippen MR) is 75.0 cm³/mol. The molecule has 0 bridgehead atoms. The first-order valence-corrected chi connectivity index (χ1v) is 6.90. The van der Waals surface area contributed by atoms with E-state index in [2.05, 4.69) is 5.32 Å². The molecule has 0 unspecified atom stereocenters. The molecular weight excluding hydrogens is 282 g/mol. The van der Waals surface area contributed by atoms with Crippen molar-refractivity contribution in [1.29, 1.82) is 0 Å². The Morgan fingerprint density at radius 1 is 1.45 bits per heavy atom. The van der Waals surface area contributed by atoms with Crippen LogP contribution < -0.4 is 10.1 Å². The van der Waals surface area contributed by atoms with Gasteiger partial charge in [-0.3, -0.25) is 4.79 Å². The number of halogens is 1. The molecule has 0 radical (unpaired) electrons. The van der Waals surface area contributed by atoms with Crippen molar-refractivity contribution in [3.63, 3.8) is 0 Å². The van der Waals surface area contributed by atoms with Gasteiger partial charge >= 0.3 is 0 Å². The minimum absolute atomic E-state index is 0.104. The number of hydrogen-bond donors (Lipinski definition) is 2. The smallest absolute Gasteiger partial charge is 0.258 e. The first-order valence-electron chi connectivity index (χ1n) is 6.53. The lowest BCUT2D eigenvalue weighted by atomic mass is 9.94. The fourth-order valence-corrected chi connectivity index (χ4v) is 2.13. The zero-order valence-corrected chi connectivity index (χ0v) is 11.9. The molecule has 6 heteroatoms. The van der Waals surface area contributed by atoms with Gasteiger partial charge in [0.15, 0.2) is 6.61 Å². The van der Waals surface area contributed by atoms with Crippen molar-refractivity contribution in [3.8, 4) is 5.75 Å². The highest BCUT2D eigenvalue weighted by Crippen LogP contribution is 2.19. The van der Waals surface area contributed by atoms with Gasteiger partial charge in [-0.25, -0.2) is 0 Å². The summed E-state index contributed by atoms with van der Waals surface area (Å²) in [4.78, 5) is 11.7. The van der Waals surface area contributed by atoms with Gasteiger partial charge in [0.1, 0.15) is 5.75 Å². The summed E-state index contributed by atoms with van der Waals surface area (Å²) in [5.74, 6) is 0.266. The van der Waals surface area contributed by atoms with E-state index in [4.69, 9.17) is 21.1 Å². The largest absolute Gasteiger partial charge is 0.484 e. The van der Waals surface area contributed by atoms with Crippen LogP contribution in [0.4, 0.5) is 0 Å². The van der Waals surface area contributed by atoms with E-state index in [0.717, 1.165) is 0 Å². The van der Waals surface area contributed by atoms with E-state index >= 15 is 0 Å². The minimum atomic E-state index is -0.871. The van der Waals surface area contributed by atoms with Crippen LogP contribution in [0.25, 0.3) is 0 Å². The molecule has 1 aromatic carbocycles. The van der Waals surface area contributed by atoms with Crippen molar-refractivity contribution in [2.45, 2.75) is 18.4 Å². The number of hydrogen-bond acceptors (Lipinski definition) is 4. The number of carbonyl (C=O) groups is 1. The molecule has 1 saturated heterocycles. The average molecular weight is 300 g/mol. The molecule has 0 aromatic heterocycles. The number of rotatable bonds is 5. The summed E-state index contributed by atoms with van der Waals surface area (Å²) in [7, 11) is 0. The lowest BCUT2D eigenvalue weighted by molar-refractivity contribution is -0.125. The molecule has 1 amide bonds. The van der Waals surface area contributed by atoms with Gasteiger partial charge in [-0.1, -0.05) is 17.7 Å². The molecule has 1 aliphatic heterocycles. The molecule has 1 fully saturated rings. The first-order chi connectivity index (χ1) is 9.57. The standard InChI is InChI=1S/C14H18ClNO4/c15-11-2-1-3-12(8-11)20-9-13(17)16-10-14(18)4-6-19-7-5-14/h1-3,8,18H,4-7,9-10H2,(H,16,17). The highest BCUT2D eigenvalue weighted by molar-refractivity contribution is 6.30. The van der Waals surface area contributed by atoms with Gasteiger partial charge < -0.3 is 19.9 Å². The molecule has 1 aromatic rings. The van der Waals surface area contributed by atoms with Crippen molar-refractivity contribution in [1.82, 2.24) is 5.32 Å². The third-order valence-corrected chi connectivity index (χ3v) is 3.44. The van der Waals surface area contributed by atoms with Crippen molar-refractivity contribution in [2.24, 2.45) is 0 Å². The van der Waals surface area contributed by atoms with Gasteiger partial charge in [0.05, 0.1) is 5.60 Å². The van der Waals surface area contributed by atoms with Gasteiger partial charge in [0.2, 0.25) is 0 Å². The maximum Gasteiger partial charge on any atom is 0.258 e. The van der Waals surface area contributed by atoms with E-state index in [1.807, 2.05) is 0 Å². The Morgan fingerprint density at radius 3 is 2.90 bits per heavy atom. The van der Waals surface area contributed by atoms with E-state index in [1.165, 1.54) is 0 Å². The molecule has 1 heterocycles. The molecule has 0 spiro atoms. The maximum absolute atomic E-state index is 11.7. The van der Waals surface area contributed by atoms with E-state index in [1.54, 1.807) is 24.3 Å². The number of aliphatic hydroxyl groups is 1. The fourth-order valence-electron chi connectivity index (χ4n) is 1.95. The molecule has 0 atom stereocenters. The molecule has 0 saturated carbocycles. The molecule has 1 aliphatic rings. The van der Waals surface area contributed by atoms with Crippen LogP contribution in [0, 0.1) is 0 Å². The molecule has 2 rings (SSSR count). The van der Waals surface area contributed by atoms with Gasteiger partial charge in [0.25, 0.3) is 5.91 Å². The Balaban J connectivity index is 1.72. The van der Waals surface area contributed by atoms with Gasteiger partial charge in [-0.2, -0.15) is 0 Å². The normalized spacial score (nSPS) is 17.5. The highest BCUT2D eigenvalue weighted by Gasteiger charge is 2.30. The molecule has 2 N–H and O–H groups in total. The SMILES string of the molecule is O=C(COc1cccc(Cl)c1)NCC1(O)CCOCC1. The first kappa shape index (κ1) is 15.1. The fraction of sp³-hybridized carbons (Fsp3) is 0.500. The van der Waals surface area contributed by atoms with Crippen LogP contribution in [-0.4, -0.2) is 43.0 Å². The zero-order valence-electron chi connectivity index (χ0n) is 11.1. The van der Waals surface area contributed by atoms with Crippen LogP contribution in [0.1, 0.15) is 12.8 Å². The predicted octanol–water partition coefficient (Wildman–Crippen LogP) is 1.38. The van der Waals surface area contributed by atoms with E-state index in [9.17, 15) is 9.90 Å². The number of amides is 1. The Morgan fingerprint density at radius 2 is 2.20 bits per heavy atom. The summed E-state index contributed by atoms with van der Waals surface area (Å²) in [6.45, 7) is 1.15. The minimum Gasteiger partial charge on any atom is -0.484 e. The van der Waals surface area contributed by atoms with Crippen LogP contribution in [0.5, 0.6) is 5.75 Å². The number of nitrogens with one attached hydrogen (secondary N) is 1. The lowest BCUT2D eigenvalue weighted by Gasteiger charge is -2.32. The van der Waals surface area contributed by atoms with E-state index < -0.39 is 5.60 Å². The van der Waals surface area contributed by atoms with Crippen LogP contribution >= 0.6 is 11.6 Å². The Hall–Kier alpha value is -1.30. The van der Waals surface area contributed by atoms with Crippen LogP contribution in [0.15, 0.2) is 24.3 Å². The van der Waals surface area contributed by atoms with E-state index in [-0.39, 0.29) is 19.1 Å². The third kappa shape index (κ3) is 4.67. The quantitative estimate of drug-likeness (QED) is 0.862. The molecular formula is C14H18ClNO4. The second-order valence-electron chi connectivity index (χ2n) is 4.86. The van der Waals surface area contributed by atoms with Gasteiger partial charge in [-0.15, -0.1) is 0 Å². The topological polar surface area (TPSA) is 67.8 Å². The van der Waals surface area contributed by atoms with Gasteiger partial charge in [0, 0.05) is 37.6 Å². The second kappa shape index (κ2) is 6.92. The Kier molecular flexibility index (Phi) is 5.23. The average Bonchev–Trinajstić information content (AvgIpc) is 2.44. The van der Waals surface area contributed by atoms with Crippen molar-refractivity contribution >= 4 is 17.5 Å². The summed E-state index contributed by atoms with van der Waals surface area (Å²) in [5, 5.41) is 13.4. The number of carbonyl (C=O) groups excluding carboxylic acids is 1. The summed E-state index contributed by atoms with van der Waals surface area (Å²) in [6.07, 6.45) is 1.06. The van der Waals surface area contributed by atoms with Crippen LogP contribution in [-0.2, 0) is 9.53 Å². The highest BCUT2D eigenvalue weighted by atomic mass is 35.5. The zero-order chi connectivity index (χ0) is 14.4. The lowest BCUT2D eigenvalue weighted by Crippen LogP contribution is -2.47. The van der Waals surface area contributed by atoms with Crippen molar-refractivity contribution in [2.75, 3.05) is 26.4 Å². The molecule has 0 aliphatic carbocycles. The summed E-state index contributed by atoms with van der Waals surface area (Å²) < 4.78 is 10.5. The number of benzene rings is 1. The Bertz CT molecular complexity index is 460. The Labute approximate surface area is 122 Å².